The van der Waals surface area contributed by atoms with Gasteiger partial charge in [0.25, 0.3) is 5.91 Å². The van der Waals surface area contributed by atoms with Gasteiger partial charge in [0.2, 0.25) is 0 Å². The Balaban J connectivity index is 1.50. The Morgan fingerprint density at radius 2 is 1.96 bits per heavy atom. The summed E-state index contributed by atoms with van der Waals surface area (Å²) in [5.74, 6) is 0.601. The predicted octanol–water partition coefficient (Wildman–Crippen LogP) is 2.72. The second kappa shape index (κ2) is 8.15. The van der Waals surface area contributed by atoms with Crippen LogP contribution >= 0.6 is 0 Å². The van der Waals surface area contributed by atoms with Crippen LogP contribution < -0.4 is 14.8 Å². The maximum atomic E-state index is 14.2. The van der Waals surface area contributed by atoms with Gasteiger partial charge >= 0.3 is 0 Å². The molecule has 0 saturated heterocycles. The van der Waals surface area contributed by atoms with Crippen molar-refractivity contribution >= 4 is 5.91 Å². The number of imidazole rings is 1. The van der Waals surface area contributed by atoms with Gasteiger partial charge in [-0.2, -0.15) is 0 Å². The van der Waals surface area contributed by atoms with Gasteiger partial charge in [-0.15, -0.1) is 0 Å². The summed E-state index contributed by atoms with van der Waals surface area (Å²) >= 11 is 0. The Kier molecular flexibility index (Phi) is 5.48. The number of hydrogen-bond acceptors (Lipinski definition) is 4. The van der Waals surface area contributed by atoms with Crippen molar-refractivity contribution in [1.82, 2.24) is 14.9 Å². The van der Waals surface area contributed by atoms with Crippen LogP contribution in [-0.2, 0) is 11.3 Å². The van der Waals surface area contributed by atoms with E-state index in [0.717, 1.165) is 0 Å². The van der Waals surface area contributed by atoms with Crippen LogP contribution in [0.4, 0.5) is 4.39 Å². The zero-order valence-corrected chi connectivity index (χ0v) is 14.2. The van der Waals surface area contributed by atoms with E-state index in [1.54, 1.807) is 60.5 Å². The molecular weight excluding hydrogens is 337 g/mol. The van der Waals surface area contributed by atoms with Crippen molar-refractivity contribution in [2.24, 2.45) is 0 Å². The first-order valence-corrected chi connectivity index (χ1v) is 7.96. The quantitative estimate of drug-likeness (QED) is 0.708. The summed E-state index contributed by atoms with van der Waals surface area (Å²) in [6, 6.07) is 11.7. The van der Waals surface area contributed by atoms with E-state index in [4.69, 9.17) is 9.47 Å². The number of ether oxygens (including phenoxy) is 2. The topological polar surface area (TPSA) is 65.4 Å². The van der Waals surface area contributed by atoms with E-state index in [0.29, 0.717) is 22.7 Å². The molecular formula is C19H18FN3O3. The molecule has 0 aliphatic carbocycles. The molecule has 0 saturated carbocycles. The van der Waals surface area contributed by atoms with Gasteiger partial charge in [0.05, 0.1) is 19.1 Å². The van der Waals surface area contributed by atoms with E-state index < -0.39 is 0 Å². The number of carbonyl (C=O) groups excluding carboxylic acids is 1. The zero-order valence-electron chi connectivity index (χ0n) is 14.2. The molecule has 3 rings (SSSR count). The second-order valence-electron chi connectivity index (χ2n) is 5.50. The van der Waals surface area contributed by atoms with Gasteiger partial charge in [-0.1, -0.05) is 6.07 Å². The molecule has 0 aliphatic rings. The van der Waals surface area contributed by atoms with E-state index in [2.05, 4.69) is 10.3 Å². The van der Waals surface area contributed by atoms with Crippen LogP contribution in [0.2, 0.25) is 0 Å². The van der Waals surface area contributed by atoms with Crippen LogP contribution in [0.3, 0.4) is 0 Å². The number of halogens is 1. The highest BCUT2D eigenvalue weighted by Crippen LogP contribution is 2.17. The number of amides is 1. The molecule has 6 nitrogen and oxygen atoms in total. The number of nitrogens with zero attached hydrogens (tertiary/aromatic N) is 2. The van der Waals surface area contributed by atoms with Crippen LogP contribution in [0.5, 0.6) is 11.5 Å². The molecule has 0 spiro atoms. The first-order valence-electron chi connectivity index (χ1n) is 7.96. The Hall–Kier alpha value is -3.35. The summed E-state index contributed by atoms with van der Waals surface area (Å²) in [5, 5.41) is 2.70. The van der Waals surface area contributed by atoms with Crippen molar-refractivity contribution in [1.29, 1.82) is 0 Å². The van der Waals surface area contributed by atoms with Gasteiger partial charge in [0.15, 0.2) is 6.61 Å². The first-order chi connectivity index (χ1) is 12.7. The van der Waals surface area contributed by atoms with Crippen LogP contribution in [0.25, 0.3) is 5.69 Å². The van der Waals surface area contributed by atoms with Crippen molar-refractivity contribution in [2.75, 3.05) is 13.7 Å². The number of benzene rings is 2. The number of rotatable bonds is 7. The SMILES string of the molecule is COc1ccc(OCC(=O)NCc2ccc(-n3ccnc3)c(F)c2)cc1. The van der Waals surface area contributed by atoms with Crippen LogP contribution in [-0.4, -0.2) is 29.2 Å². The summed E-state index contributed by atoms with van der Waals surface area (Å²) < 4.78 is 26.2. The average molecular weight is 355 g/mol. The Bertz CT molecular complexity index is 864. The molecule has 3 aromatic rings. The molecule has 1 heterocycles. The lowest BCUT2D eigenvalue weighted by atomic mass is 10.2. The molecule has 2 aromatic carbocycles. The van der Waals surface area contributed by atoms with E-state index >= 15 is 0 Å². The molecule has 0 atom stereocenters. The first kappa shape index (κ1) is 17.5. The van der Waals surface area contributed by atoms with E-state index in [1.165, 1.54) is 12.4 Å². The molecule has 26 heavy (non-hydrogen) atoms. The summed E-state index contributed by atoms with van der Waals surface area (Å²) in [6.45, 7) is 0.0911. The molecule has 1 N–H and O–H groups in total. The molecule has 134 valence electrons. The molecule has 1 amide bonds. The lowest BCUT2D eigenvalue weighted by molar-refractivity contribution is -0.123. The summed E-state index contributed by atoms with van der Waals surface area (Å²) in [6.07, 6.45) is 4.77. The highest BCUT2D eigenvalue weighted by molar-refractivity contribution is 5.77. The summed E-state index contributed by atoms with van der Waals surface area (Å²) in [4.78, 5) is 15.8. The highest BCUT2D eigenvalue weighted by Gasteiger charge is 2.07. The average Bonchev–Trinajstić information content (AvgIpc) is 3.19. The normalized spacial score (nSPS) is 10.4. The number of nitrogens with one attached hydrogen (secondary N) is 1. The molecule has 0 aliphatic heterocycles. The predicted molar refractivity (Wildman–Crippen MR) is 93.9 cm³/mol. The van der Waals surface area contributed by atoms with Gasteiger partial charge in [-0.3, -0.25) is 4.79 Å². The van der Waals surface area contributed by atoms with Crippen LogP contribution in [0, 0.1) is 5.82 Å². The molecule has 0 bridgehead atoms. The third-order valence-electron chi connectivity index (χ3n) is 3.71. The zero-order chi connectivity index (χ0) is 18.4. The summed E-state index contributed by atoms with van der Waals surface area (Å²) in [7, 11) is 1.58. The smallest absolute Gasteiger partial charge is 0.258 e. The Morgan fingerprint density at radius 1 is 1.19 bits per heavy atom. The van der Waals surface area contributed by atoms with E-state index in [-0.39, 0.29) is 24.9 Å². The maximum Gasteiger partial charge on any atom is 0.258 e. The number of carbonyl (C=O) groups is 1. The van der Waals surface area contributed by atoms with Crippen molar-refractivity contribution in [2.45, 2.75) is 6.54 Å². The number of aromatic nitrogens is 2. The summed E-state index contributed by atoms with van der Waals surface area (Å²) in [5.41, 5.74) is 1.06. The van der Waals surface area contributed by atoms with Crippen molar-refractivity contribution < 1.29 is 18.7 Å². The van der Waals surface area contributed by atoms with Gasteiger partial charge < -0.3 is 19.4 Å². The molecule has 0 unspecified atom stereocenters. The third kappa shape index (κ3) is 4.38. The standard InChI is InChI=1S/C19H18FN3O3/c1-25-15-3-5-16(6-4-15)26-12-19(24)22-11-14-2-7-18(17(20)10-14)23-9-8-21-13-23/h2-10,13H,11-12H2,1H3,(H,22,24). The molecule has 1 aromatic heterocycles. The fraction of sp³-hybridized carbons (Fsp3) is 0.158. The number of methoxy groups -OCH3 is 1. The van der Waals surface area contributed by atoms with Crippen LogP contribution in [0.1, 0.15) is 5.56 Å². The lowest BCUT2D eigenvalue weighted by Crippen LogP contribution is -2.28. The van der Waals surface area contributed by atoms with Gasteiger partial charge in [0, 0.05) is 18.9 Å². The minimum Gasteiger partial charge on any atom is -0.497 e. The van der Waals surface area contributed by atoms with Crippen molar-refractivity contribution in [3.63, 3.8) is 0 Å². The molecule has 0 fully saturated rings. The van der Waals surface area contributed by atoms with Crippen molar-refractivity contribution in [3.05, 3.63) is 72.6 Å². The fourth-order valence-electron chi connectivity index (χ4n) is 2.34. The Morgan fingerprint density at radius 3 is 2.62 bits per heavy atom. The van der Waals surface area contributed by atoms with E-state index in [9.17, 15) is 9.18 Å². The van der Waals surface area contributed by atoms with Gasteiger partial charge in [-0.05, 0) is 42.0 Å². The molecule has 7 heteroatoms. The monoisotopic (exact) mass is 355 g/mol. The van der Waals surface area contributed by atoms with Gasteiger partial charge in [0.1, 0.15) is 17.3 Å². The minimum absolute atomic E-state index is 0.123. The van der Waals surface area contributed by atoms with Gasteiger partial charge in [-0.25, -0.2) is 9.37 Å². The lowest BCUT2D eigenvalue weighted by Gasteiger charge is -2.09. The molecule has 0 radical (unpaired) electrons. The van der Waals surface area contributed by atoms with Crippen molar-refractivity contribution in [3.8, 4) is 17.2 Å². The third-order valence-corrected chi connectivity index (χ3v) is 3.71. The second-order valence-corrected chi connectivity index (χ2v) is 5.50. The fourth-order valence-corrected chi connectivity index (χ4v) is 2.34. The Labute approximate surface area is 150 Å². The van der Waals surface area contributed by atoms with E-state index in [1.807, 2.05) is 0 Å². The number of hydrogen-bond donors (Lipinski definition) is 1. The highest BCUT2D eigenvalue weighted by atomic mass is 19.1. The largest absolute Gasteiger partial charge is 0.497 e. The van der Waals surface area contributed by atoms with Crippen LogP contribution in [0.15, 0.2) is 61.2 Å². The maximum absolute atomic E-state index is 14.2. The minimum atomic E-state index is -0.385.